The van der Waals surface area contributed by atoms with Crippen molar-refractivity contribution in [3.8, 4) is 0 Å². The van der Waals surface area contributed by atoms with Crippen LogP contribution in [-0.4, -0.2) is 31.6 Å². The number of nitrogens with one attached hydrogen (secondary N) is 1. The molecule has 0 bridgehead atoms. The van der Waals surface area contributed by atoms with Gasteiger partial charge >= 0.3 is 5.97 Å². The van der Waals surface area contributed by atoms with E-state index in [0.717, 1.165) is 5.56 Å². The number of rotatable bonds is 6. The summed E-state index contributed by atoms with van der Waals surface area (Å²) in [6.07, 6.45) is 0. The average molecular weight is 286 g/mol. The zero-order valence-electron chi connectivity index (χ0n) is 10.8. The average Bonchev–Trinajstić information content (AvgIpc) is 2.38. The number of ether oxygens (including phenoxy) is 2. The molecule has 0 aliphatic rings. The van der Waals surface area contributed by atoms with Crippen molar-refractivity contribution in [2.24, 2.45) is 0 Å². The molecule has 6 heteroatoms. The van der Waals surface area contributed by atoms with Gasteiger partial charge in [-0.05, 0) is 11.6 Å². The molecular formula is C13H16ClNO4. The summed E-state index contributed by atoms with van der Waals surface area (Å²) in [7, 11) is 1.26. The van der Waals surface area contributed by atoms with Gasteiger partial charge in [0.05, 0.1) is 20.3 Å². The van der Waals surface area contributed by atoms with Crippen LogP contribution in [-0.2, 0) is 25.7 Å². The molecule has 0 aliphatic heterocycles. The van der Waals surface area contributed by atoms with Crippen LogP contribution in [0, 0.1) is 0 Å². The van der Waals surface area contributed by atoms with E-state index in [-0.39, 0.29) is 19.1 Å². The van der Waals surface area contributed by atoms with Crippen LogP contribution >= 0.6 is 11.6 Å². The molecule has 1 aromatic rings. The summed E-state index contributed by atoms with van der Waals surface area (Å²) in [5, 5.41) is 3.05. The highest BCUT2D eigenvalue weighted by atomic mass is 35.5. The van der Waals surface area contributed by atoms with E-state index < -0.39 is 12.0 Å². The molecule has 0 aliphatic carbocycles. The summed E-state index contributed by atoms with van der Waals surface area (Å²) < 4.78 is 9.97. The first-order valence-corrected chi connectivity index (χ1v) is 6.08. The second-order valence-corrected chi connectivity index (χ2v) is 4.29. The molecule has 0 aromatic heterocycles. The molecule has 1 rings (SSSR count). The van der Waals surface area contributed by atoms with Crippen LogP contribution in [0.15, 0.2) is 24.3 Å². The molecule has 1 N–H and O–H groups in total. The number of methoxy groups -OCH3 is 1. The lowest BCUT2D eigenvalue weighted by molar-refractivity contribution is -0.146. The van der Waals surface area contributed by atoms with Crippen molar-refractivity contribution in [3.63, 3.8) is 0 Å². The van der Waals surface area contributed by atoms with E-state index in [9.17, 15) is 9.59 Å². The molecule has 0 saturated carbocycles. The number of esters is 1. The first-order chi connectivity index (χ1) is 9.04. The number of benzene rings is 1. The number of carbonyl (C=O) groups is 2. The quantitative estimate of drug-likeness (QED) is 0.805. The maximum Gasteiger partial charge on any atom is 0.330 e. The van der Waals surface area contributed by atoms with Crippen molar-refractivity contribution in [2.75, 3.05) is 13.7 Å². The van der Waals surface area contributed by atoms with Gasteiger partial charge in [-0.1, -0.05) is 29.8 Å². The Morgan fingerprint density at radius 1 is 1.37 bits per heavy atom. The lowest BCUT2D eigenvalue weighted by Gasteiger charge is -2.15. The molecular weight excluding hydrogens is 270 g/mol. The van der Waals surface area contributed by atoms with E-state index >= 15 is 0 Å². The standard InChI is InChI=1S/C13H16ClNO4/c1-9(16)15-12(13(17)18-2)8-19-7-10-5-3-4-6-11(10)14/h3-6,12H,7-8H2,1-2H3,(H,15,16). The Labute approximate surface area is 116 Å². The Hall–Kier alpha value is -1.59. The number of hydrogen-bond donors (Lipinski definition) is 1. The van der Waals surface area contributed by atoms with Gasteiger partial charge in [0.15, 0.2) is 6.04 Å². The maximum absolute atomic E-state index is 11.4. The fraction of sp³-hybridized carbons (Fsp3) is 0.385. The van der Waals surface area contributed by atoms with Gasteiger partial charge in [0.1, 0.15) is 0 Å². The van der Waals surface area contributed by atoms with E-state index in [1.807, 2.05) is 18.2 Å². The van der Waals surface area contributed by atoms with Gasteiger partial charge in [-0.3, -0.25) is 4.79 Å². The van der Waals surface area contributed by atoms with Crippen molar-refractivity contribution in [1.29, 1.82) is 0 Å². The lowest BCUT2D eigenvalue weighted by Crippen LogP contribution is -2.43. The molecule has 0 saturated heterocycles. The Kier molecular flexibility index (Phi) is 6.32. The summed E-state index contributed by atoms with van der Waals surface area (Å²) in [5.41, 5.74) is 0.815. The third kappa shape index (κ3) is 5.28. The van der Waals surface area contributed by atoms with E-state index in [2.05, 4.69) is 10.1 Å². The summed E-state index contributed by atoms with van der Waals surface area (Å²) >= 11 is 5.97. The van der Waals surface area contributed by atoms with E-state index in [0.29, 0.717) is 5.02 Å². The smallest absolute Gasteiger partial charge is 0.330 e. The Bertz CT molecular complexity index is 450. The monoisotopic (exact) mass is 285 g/mol. The Balaban J connectivity index is 2.50. The highest BCUT2D eigenvalue weighted by Crippen LogP contribution is 2.15. The molecule has 1 aromatic carbocycles. The molecule has 1 unspecified atom stereocenters. The zero-order chi connectivity index (χ0) is 14.3. The van der Waals surface area contributed by atoms with Crippen LogP contribution in [0.4, 0.5) is 0 Å². The van der Waals surface area contributed by atoms with E-state index in [4.69, 9.17) is 16.3 Å². The number of hydrogen-bond acceptors (Lipinski definition) is 4. The highest BCUT2D eigenvalue weighted by molar-refractivity contribution is 6.31. The SMILES string of the molecule is COC(=O)C(COCc1ccccc1Cl)NC(C)=O. The van der Waals surface area contributed by atoms with Crippen molar-refractivity contribution >= 4 is 23.5 Å². The van der Waals surface area contributed by atoms with Crippen molar-refractivity contribution in [1.82, 2.24) is 5.32 Å². The van der Waals surface area contributed by atoms with Crippen LogP contribution in [0.5, 0.6) is 0 Å². The first-order valence-electron chi connectivity index (χ1n) is 5.70. The van der Waals surface area contributed by atoms with Gasteiger partial charge in [-0.2, -0.15) is 0 Å². The molecule has 0 fully saturated rings. The predicted octanol–water partition coefficient (Wildman–Crippen LogP) is 1.53. The summed E-state index contributed by atoms with van der Waals surface area (Å²) in [6, 6.07) is 6.43. The fourth-order valence-corrected chi connectivity index (χ4v) is 1.65. The summed E-state index contributed by atoms with van der Waals surface area (Å²) in [6.45, 7) is 1.61. The molecule has 104 valence electrons. The molecule has 19 heavy (non-hydrogen) atoms. The predicted molar refractivity (Wildman–Crippen MR) is 70.7 cm³/mol. The lowest BCUT2D eigenvalue weighted by atomic mass is 10.2. The van der Waals surface area contributed by atoms with Crippen LogP contribution < -0.4 is 5.32 Å². The Morgan fingerprint density at radius 2 is 2.05 bits per heavy atom. The van der Waals surface area contributed by atoms with Crippen LogP contribution in [0.2, 0.25) is 5.02 Å². The van der Waals surface area contributed by atoms with Crippen LogP contribution in [0.25, 0.3) is 0 Å². The Morgan fingerprint density at radius 3 is 2.63 bits per heavy atom. The van der Waals surface area contributed by atoms with Gasteiger partial charge in [0.2, 0.25) is 5.91 Å². The number of halogens is 1. The molecule has 5 nitrogen and oxygen atoms in total. The van der Waals surface area contributed by atoms with Crippen molar-refractivity contribution < 1.29 is 19.1 Å². The van der Waals surface area contributed by atoms with E-state index in [1.165, 1.54) is 14.0 Å². The fourth-order valence-electron chi connectivity index (χ4n) is 1.46. The summed E-state index contributed by atoms with van der Waals surface area (Å²) in [4.78, 5) is 22.4. The van der Waals surface area contributed by atoms with Gasteiger partial charge < -0.3 is 14.8 Å². The maximum atomic E-state index is 11.4. The van der Waals surface area contributed by atoms with Crippen molar-refractivity contribution in [3.05, 3.63) is 34.9 Å². The third-order valence-electron chi connectivity index (χ3n) is 2.36. The number of carbonyl (C=O) groups excluding carboxylic acids is 2. The minimum atomic E-state index is -0.815. The molecule has 0 radical (unpaired) electrons. The minimum absolute atomic E-state index is 0.0253. The van der Waals surface area contributed by atoms with Gasteiger partial charge in [0.25, 0.3) is 0 Å². The third-order valence-corrected chi connectivity index (χ3v) is 2.73. The molecule has 0 spiro atoms. The number of amides is 1. The van der Waals surface area contributed by atoms with Gasteiger partial charge in [0, 0.05) is 11.9 Å². The normalized spacial score (nSPS) is 11.7. The first kappa shape index (κ1) is 15.5. The van der Waals surface area contributed by atoms with Gasteiger partial charge in [-0.25, -0.2) is 4.79 Å². The second kappa shape index (κ2) is 7.76. The van der Waals surface area contributed by atoms with Crippen LogP contribution in [0.1, 0.15) is 12.5 Å². The largest absolute Gasteiger partial charge is 0.467 e. The van der Waals surface area contributed by atoms with Crippen LogP contribution in [0.3, 0.4) is 0 Å². The zero-order valence-corrected chi connectivity index (χ0v) is 11.6. The highest BCUT2D eigenvalue weighted by Gasteiger charge is 2.20. The van der Waals surface area contributed by atoms with Crippen molar-refractivity contribution in [2.45, 2.75) is 19.6 Å². The second-order valence-electron chi connectivity index (χ2n) is 3.88. The minimum Gasteiger partial charge on any atom is -0.467 e. The topological polar surface area (TPSA) is 64.6 Å². The van der Waals surface area contributed by atoms with E-state index in [1.54, 1.807) is 6.07 Å². The van der Waals surface area contributed by atoms with Gasteiger partial charge in [-0.15, -0.1) is 0 Å². The molecule has 1 amide bonds. The summed E-state index contributed by atoms with van der Waals surface area (Å²) in [5.74, 6) is -0.869. The molecule has 0 heterocycles. The molecule has 1 atom stereocenters.